The van der Waals surface area contributed by atoms with Gasteiger partial charge in [-0.15, -0.1) is 0 Å². The van der Waals surface area contributed by atoms with Crippen molar-refractivity contribution in [2.75, 3.05) is 11.9 Å². The molecule has 1 amide bonds. The van der Waals surface area contributed by atoms with E-state index < -0.39 is 6.09 Å². The lowest BCUT2D eigenvalue weighted by molar-refractivity contribution is 0.160. The maximum absolute atomic E-state index is 11.5. The highest BCUT2D eigenvalue weighted by Gasteiger charge is 2.11. The van der Waals surface area contributed by atoms with Gasteiger partial charge in [-0.25, -0.2) is 4.79 Å². The number of amides is 1. The average Bonchev–Trinajstić information content (AvgIpc) is 3.01. The van der Waals surface area contributed by atoms with Gasteiger partial charge in [0.15, 0.2) is 0 Å². The Kier molecular flexibility index (Phi) is 4.97. The molecule has 114 valence electrons. The summed E-state index contributed by atoms with van der Waals surface area (Å²) in [4.78, 5) is 11.5. The lowest BCUT2D eigenvalue weighted by atomic mass is 10.2. The lowest BCUT2D eigenvalue weighted by Gasteiger charge is -2.04. The van der Waals surface area contributed by atoms with Gasteiger partial charge >= 0.3 is 6.09 Å². The Morgan fingerprint density at radius 1 is 1.48 bits per heavy atom. The van der Waals surface area contributed by atoms with Crippen molar-refractivity contribution in [3.05, 3.63) is 29.4 Å². The predicted molar refractivity (Wildman–Crippen MR) is 77.2 cm³/mol. The van der Waals surface area contributed by atoms with Crippen molar-refractivity contribution in [3.63, 3.8) is 0 Å². The van der Waals surface area contributed by atoms with Gasteiger partial charge in [-0.05, 0) is 20.3 Å². The Labute approximate surface area is 123 Å². The minimum absolute atomic E-state index is 0.426. The van der Waals surface area contributed by atoms with Crippen molar-refractivity contribution in [2.45, 2.75) is 40.2 Å². The van der Waals surface area contributed by atoms with E-state index in [1.807, 2.05) is 20.8 Å². The van der Waals surface area contributed by atoms with Crippen molar-refractivity contribution < 1.29 is 14.1 Å². The third-order valence-corrected chi connectivity index (χ3v) is 3.11. The van der Waals surface area contributed by atoms with E-state index in [4.69, 9.17) is 9.26 Å². The minimum Gasteiger partial charge on any atom is -0.449 e. The summed E-state index contributed by atoms with van der Waals surface area (Å²) in [6.45, 7) is 6.77. The molecule has 0 unspecified atom stereocenters. The number of carbonyl (C=O) groups is 1. The van der Waals surface area contributed by atoms with Crippen LogP contribution in [0.15, 0.2) is 16.9 Å². The van der Waals surface area contributed by atoms with Crippen molar-refractivity contribution in [2.24, 2.45) is 0 Å². The van der Waals surface area contributed by atoms with Crippen LogP contribution in [0.2, 0.25) is 0 Å². The molecule has 1 N–H and O–H groups in total. The first-order valence-corrected chi connectivity index (χ1v) is 6.98. The third kappa shape index (κ3) is 4.08. The second kappa shape index (κ2) is 6.92. The van der Waals surface area contributed by atoms with Crippen molar-refractivity contribution in [3.8, 4) is 0 Å². The molecule has 7 heteroatoms. The number of nitrogens with zero attached hydrogens (tertiary/aromatic N) is 3. The predicted octanol–water partition coefficient (Wildman–Crippen LogP) is 2.88. The van der Waals surface area contributed by atoms with Crippen LogP contribution in [-0.4, -0.2) is 27.6 Å². The van der Waals surface area contributed by atoms with E-state index in [2.05, 4.69) is 15.6 Å². The lowest BCUT2D eigenvalue weighted by Crippen LogP contribution is -2.13. The van der Waals surface area contributed by atoms with Crippen LogP contribution in [0.25, 0.3) is 0 Å². The van der Waals surface area contributed by atoms with E-state index in [9.17, 15) is 4.79 Å². The zero-order valence-corrected chi connectivity index (χ0v) is 12.5. The molecular weight excluding hydrogens is 272 g/mol. The molecule has 2 rings (SSSR count). The molecular formula is C14H20N4O3. The molecule has 2 aromatic rings. The highest BCUT2D eigenvalue weighted by molar-refractivity contribution is 5.84. The molecule has 21 heavy (non-hydrogen) atoms. The first-order valence-electron chi connectivity index (χ1n) is 6.98. The number of carbonyl (C=O) groups excluding carboxylic acids is 1. The highest BCUT2D eigenvalue weighted by Crippen LogP contribution is 2.15. The van der Waals surface area contributed by atoms with Crippen molar-refractivity contribution in [1.29, 1.82) is 0 Å². The molecule has 0 bridgehead atoms. The molecule has 0 saturated heterocycles. The fourth-order valence-corrected chi connectivity index (χ4v) is 1.87. The number of hydrogen-bond acceptors (Lipinski definition) is 5. The van der Waals surface area contributed by atoms with Crippen molar-refractivity contribution in [1.82, 2.24) is 14.9 Å². The molecule has 0 fully saturated rings. The Morgan fingerprint density at radius 3 is 2.95 bits per heavy atom. The van der Waals surface area contributed by atoms with Crippen LogP contribution < -0.4 is 5.32 Å². The van der Waals surface area contributed by atoms with Crippen LogP contribution >= 0.6 is 0 Å². The number of unbranched alkanes of at least 4 members (excludes halogenated alkanes) is 1. The standard InChI is InChI=1S/C14H20N4O3/c1-4-5-6-20-14(19)16-12-7-15-18(8-12)9-13-10(2)17-21-11(13)3/h7-8H,4-6,9H2,1-3H3,(H,16,19). The summed E-state index contributed by atoms with van der Waals surface area (Å²) in [5, 5.41) is 10.7. The zero-order chi connectivity index (χ0) is 15.2. The quantitative estimate of drug-likeness (QED) is 0.828. The molecule has 0 aromatic carbocycles. The normalized spacial score (nSPS) is 10.6. The molecule has 0 saturated carbocycles. The Balaban J connectivity index is 1.91. The maximum Gasteiger partial charge on any atom is 0.411 e. The molecule has 0 aliphatic rings. The van der Waals surface area contributed by atoms with Gasteiger partial charge < -0.3 is 9.26 Å². The van der Waals surface area contributed by atoms with Gasteiger partial charge in [0, 0.05) is 11.8 Å². The second-order valence-corrected chi connectivity index (χ2v) is 4.84. The number of aryl methyl sites for hydroxylation is 2. The smallest absolute Gasteiger partial charge is 0.411 e. The molecule has 0 aliphatic carbocycles. The van der Waals surface area contributed by atoms with E-state index >= 15 is 0 Å². The molecule has 0 atom stereocenters. The Bertz CT molecular complexity index is 584. The minimum atomic E-state index is -0.458. The van der Waals surface area contributed by atoms with E-state index in [1.54, 1.807) is 17.1 Å². The molecule has 2 aromatic heterocycles. The number of anilines is 1. The van der Waals surface area contributed by atoms with Gasteiger partial charge in [-0.3, -0.25) is 10.00 Å². The van der Waals surface area contributed by atoms with E-state index in [0.29, 0.717) is 18.8 Å². The molecule has 0 radical (unpaired) electrons. The molecule has 7 nitrogen and oxygen atoms in total. The van der Waals surface area contributed by atoms with Crippen LogP contribution in [0.1, 0.15) is 36.8 Å². The van der Waals surface area contributed by atoms with Crippen LogP contribution in [0.4, 0.5) is 10.5 Å². The fourth-order valence-electron chi connectivity index (χ4n) is 1.87. The van der Waals surface area contributed by atoms with E-state index in [1.165, 1.54) is 0 Å². The highest BCUT2D eigenvalue weighted by atomic mass is 16.5. The number of aromatic nitrogens is 3. The van der Waals surface area contributed by atoms with Crippen LogP contribution in [0.3, 0.4) is 0 Å². The summed E-state index contributed by atoms with van der Waals surface area (Å²) in [5.41, 5.74) is 2.44. The second-order valence-electron chi connectivity index (χ2n) is 4.84. The average molecular weight is 292 g/mol. The van der Waals surface area contributed by atoms with E-state index in [-0.39, 0.29) is 0 Å². The summed E-state index contributed by atoms with van der Waals surface area (Å²) in [5.74, 6) is 0.775. The van der Waals surface area contributed by atoms with Crippen LogP contribution in [0.5, 0.6) is 0 Å². The molecule has 0 spiro atoms. The monoisotopic (exact) mass is 292 g/mol. The number of ether oxygens (including phenoxy) is 1. The number of rotatable bonds is 6. The van der Waals surface area contributed by atoms with Crippen LogP contribution in [0, 0.1) is 13.8 Å². The first kappa shape index (κ1) is 15.1. The largest absolute Gasteiger partial charge is 0.449 e. The van der Waals surface area contributed by atoms with Crippen LogP contribution in [-0.2, 0) is 11.3 Å². The fraction of sp³-hybridized carbons (Fsp3) is 0.500. The van der Waals surface area contributed by atoms with Gasteiger partial charge in [-0.1, -0.05) is 18.5 Å². The topological polar surface area (TPSA) is 82.2 Å². The summed E-state index contributed by atoms with van der Waals surface area (Å²) >= 11 is 0. The molecule has 2 heterocycles. The summed E-state index contributed by atoms with van der Waals surface area (Å²) < 4.78 is 11.9. The van der Waals surface area contributed by atoms with Gasteiger partial charge in [0.1, 0.15) is 5.76 Å². The Hall–Kier alpha value is -2.31. The summed E-state index contributed by atoms with van der Waals surface area (Å²) in [6.07, 6.45) is 4.72. The number of hydrogen-bond donors (Lipinski definition) is 1. The SMILES string of the molecule is CCCCOC(=O)Nc1cnn(Cc2c(C)noc2C)c1. The first-order chi connectivity index (χ1) is 10.1. The maximum atomic E-state index is 11.5. The van der Waals surface area contributed by atoms with Gasteiger partial charge in [0.2, 0.25) is 0 Å². The van der Waals surface area contributed by atoms with Gasteiger partial charge in [0.25, 0.3) is 0 Å². The van der Waals surface area contributed by atoms with Gasteiger partial charge in [0.05, 0.1) is 30.7 Å². The van der Waals surface area contributed by atoms with Crippen molar-refractivity contribution >= 4 is 11.8 Å². The summed E-state index contributed by atoms with van der Waals surface area (Å²) in [7, 11) is 0. The zero-order valence-electron chi connectivity index (χ0n) is 12.5. The van der Waals surface area contributed by atoms with Gasteiger partial charge in [-0.2, -0.15) is 5.10 Å². The third-order valence-electron chi connectivity index (χ3n) is 3.11. The van der Waals surface area contributed by atoms with E-state index in [0.717, 1.165) is 29.9 Å². The number of nitrogens with one attached hydrogen (secondary N) is 1. The molecule has 0 aliphatic heterocycles. The Morgan fingerprint density at radius 2 is 2.29 bits per heavy atom. The summed E-state index contributed by atoms with van der Waals surface area (Å²) in [6, 6.07) is 0.